The number of aryl methyl sites for hydroxylation is 2. The lowest BCUT2D eigenvalue weighted by Crippen LogP contribution is -2.17. The van der Waals surface area contributed by atoms with Crippen molar-refractivity contribution in [3.8, 4) is 5.69 Å². The van der Waals surface area contributed by atoms with E-state index in [2.05, 4.69) is 9.71 Å². The van der Waals surface area contributed by atoms with Gasteiger partial charge in [-0.3, -0.25) is 9.29 Å². The number of nitrogens with zero attached hydrogens (tertiary/aromatic N) is 2. The second kappa shape index (κ2) is 8.91. The van der Waals surface area contributed by atoms with Crippen molar-refractivity contribution in [2.75, 3.05) is 23.7 Å². The number of nitrogens with one attached hydrogen (secondary N) is 1. The molecule has 1 saturated heterocycles. The molecule has 0 aliphatic carbocycles. The first kappa shape index (κ1) is 22.3. The molecule has 31 heavy (non-hydrogen) atoms. The fraction of sp³-hybridized carbons (Fsp3) is 0.400. The van der Waals surface area contributed by atoms with E-state index in [0.29, 0.717) is 31.1 Å². The highest BCUT2D eigenvalue weighted by Crippen LogP contribution is 2.39. The first-order chi connectivity index (χ1) is 14.8. The van der Waals surface area contributed by atoms with E-state index >= 15 is 0 Å². The molecule has 0 unspecified atom stereocenters. The van der Waals surface area contributed by atoms with Gasteiger partial charge in [0.25, 0.3) is 10.0 Å². The van der Waals surface area contributed by atoms with E-state index in [1.54, 1.807) is 12.1 Å². The number of rotatable bonds is 7. The minimum Gasteiger partial charge on any atom is -0.350 e. The van der Waals surface area contributed by atoms with Gasteiger partial charge in [0.05, 0.1) is 22.3 Å². The fourth-order valence-electron chi connectivity index (χ4n) is 3.21. The average Bonchev–Trinajstić information content (AvgIpc) is 3.34. The number of aromatic nitrogens is 2. The molecule has 0 radical (unpaired) electrons. The van der Waals surface area contributed by atoms with Crippen LogP contribution in [0.15, 0.2) is 38.2 Å². The van der Waals surface area contributed by atoms with Gasteiger partial charge in [-0.25, -0.2) is 13.2 Å². The number of sulfonamides is 1. The lowest BCUT2D eigenvalue weighted by molar-refractivity contribution is -0.0421. The molecule has 4 rings (SSSR count). The Hall–Kier alpha value is -1.92. The van der Waals surface area contributed by atoms with E-state index in [-0.39, 0.29) is 17.0 Å². The van der Waals surface area contributed by atoms with Gasteiger partial charge in [-0.2, -0.15) is 4.98 Å². The van der Waals surface area contributed by atoms with Crippen LogP contribution in [0.5, 0.6) is 0 Å². The molecule has 1 N–H and O–H groups in total. The summed E-state index contributed by atoms with van der Waals surface area (Å²) in [6, 6.07) is 6.51. The molecular formula is C20H23N3O5S3. The molecule has 0 atom stereocenters. The highest BCUT2D eigenvalue weighted by Gasteiger charge is 2.27. The van der Waals surface area contributed by atoms with Crippen LogP contribution in [-0.4, -0.2) is 43.2 Å². The van der Waals surface area contributed by atoms with Gasteiger partial charge in [0.15, 0.2) is 12.1 Å². The molecule has 1 aromatic rings. The molecule has 8 nitrogen and oxygen atoms in total. The predicted octanol–water partition coefficient (Wildman–Crippen LogP) is 3.31. The van der Waals surface area contributed by atoms with Crippen molar-refractivity contribution >= 4 is 38.9 Å². The Labute approximate surface area is 189 Å². The van der Waals surface area contributed by atoms with Crippen molar-refractivity contribution in [1.29, 1.82) is 0 Å². The summed E-state index contributed by atoms with van der Waals surface area (Å²) in [6.45, 7) is 6.84. The summed E-state index contributed by atoms with van der Waals surface area (Å²) in [7, 11) is -3.89. The molecular weight excluding hydrogens is 458 g/mol. The van der Waals surface area contributed by atoms with E-state index in [0.717, 1.165) is 20.3 Å². The standard InChI is InChI=1S/C20H23N3O5S3/c1-12-4-6-15(7-5-12)31(25,26)22-18-17-19(29-11-8-16-27-9-10-28-16)30-14(3)13(2)23(17)20(24)21-18/h4-7,16H,8-11H2,1-3H3,(H,21,22,24). The number of imidazole rings is 1. The molecule has 0 saturated carbocycles. The third kappa shape index (κ3) is 4.65. The fourth-order valence-corrected chi connectivity index (χ4v) is 6.70. The van der Waals surface area contributed by atoms with Crippen LogP contribution in [0.25, 0.3) is 5.69 Å². The Kier molecular flexibility index (Phi) is 6.40. The van der Waals surface area contributed by atoms with Gasteiger partial charge in [-0.1, -0.05) is 17.7 Å². The number of hydrogen-bond acceptors (Lipinski definition) is 8. The predicted molar refractivity (Wildman–Crippen MR) is 121 cm³/mol. The summed E-state index contributed by atoms with van der Waals surface area (Å²) in [4.78, 5) is 17.8. The molecule has 0 amide bonds. The van der Waals surface area contributed by atoms with E-state index in [1.165, 1.54) is 39.8 Å². The molecule has 0 bridgehead atoms. The minimum absolute atomic E-state index is 0.0424. The molecule has 1 fully saturated rings. The normalized spacial score (nSPS) is 15.1. The topological polar surface area (TPSA) is 99.5 Å². The third-order valence-corrected chi connectivity index (χ3v) is 8.80. The quantitative estimate of drug-likeness (QED) is 0.517. The van der Waals surface area contributed by atoms with E-state index in [4.69, 9.17) is 9.47 Å². The van der Waals surface area contributed by atoms with Crippen molar-refractivity contribution in [2.45, 2.75) is 42.6 Å². The summed E-state index contributed by atoms with van der Waals surface area (Å²) in [5, 5.41) is 0. The Bertz CT molecular complexity index is 1210. The lowest BCUT2D eigenvalue weighted by atomic mass is 10.2. The summed E-state index contributed by atoms with van der Waals surface area (Å²) < 4.78 is 41.6. The van der Waals surface area contributed by atoms with Gasteiger partial charge >= 0.3 is 5.69 Å². The lowest BCUT2D eigenvalue weighted by Gasteiger charge is -2.16. The zero-order valence-corrected chi connectivity index (χ0v) is 19.8. The summed E-state index contributed by atoms with van der Waals surface area (Å²) in [6.07, 6.45) is 0.471. The molecule has 166 valence electrons. The van der Waals surface area contributed by atoms with E-state index in [1.807, 2.05) is 20.8 Å². The van der Waals surface area contributed by atoms with Crippen LogP contribution in [0.4, 0.5) is 5.82 Å². The van der Waals surface area contributed by atoms with E-state index < -0.39 is 15.7 Å². The van der Waals surface area contributed by atoms with Crippen LogP contribution in [-0.2, 0) is 19.5 Å². The number of ether oxygens (including phenoxy) is 2. The molecule has 0 spiro atoms. The summed E-state index contributed by atoms with van der Waals surface area (Å²) >= 11 is 3.05. The summed E-state index contributed by atoms with van der Waals surface area (Å²) in [5.74, 6) is 0.740. The van der Waals surface area contributed by atoms with Crippen LogP contribution in [0.3, 0.4) is 0 Å². The Balaban J connectivity index is 1.68. The zero-order chi connectivity index (χ0) is 22.2. The SMILES string of the molecule is Cc1ccc(S(=O)(=O)Nc2nc(=O)n3c(C)c(C)sc(SCCC4OCCO4)c2-3)cc1. The highest BCUT2D eigenvalue weighted by atomic mass is 32.2. The van der Waals surface area contributed by atoms with Crippen LogP contribution in [0.1, 0.15) is 22.6 Å². The van der Waals surface area contributed by atoms with Gasteiger partial charge in [0, 0.05) is 22.7 Å². The number of thioether (sulfide) groups is 1. The number of anilines is 1. The molecule has 3 aliphatic heterocycles. The maximum absolute atomic E-state index is 12.9. The maximum Gasteiger partial charge on any atom is 0.354 e. The monoisotopic (exact) mass is 481 g/mol. The van der Waals surface area contributed by atoms with Crippen LogP contribution < -0.4 is 10.4 Å². The first-order valence-corrected chi connectivity index (χ1v) is 13.0. The summed E-state index contributed by atoms with van der Waals surface area (Å²) in [5.41, 5.74) is 1.67. The van der Waals surface area contributed by atoms with Crippen LogP contribution >= 0.6 is 23.1 Å². The molecule has 1 aromatic carbocycles. The molecule has 0 aromatic heterocycles. The number of hydrogen-bond donors (Lipinski definition) is 1. The van der Waals surface area contributed by atoms with Crippen molar-refractivity contribution in [3.63, 3.8) is 0 Å². The third-order valence-electron chi connectivity index (χ3n) is 4.97. The van der Waals surface area contributed by atoms with Crippen molar-refractivity contribution in [1.82, 2.24) is 9.55 Å². The van der Waals surface area contributed by atoms with E-state index in [9.17, 15) is 13.2 Å². The molecule has 3 heterocycles. The number of fused-ring (bicyclic) bond motifs is 1. The highest BCUT2D eigenvalue weighted by molar-refractivity contribution is 8.01. The number of benzene rings is 1. The van der Waals surface area contributed by atoms with Crippen molar-refractivity contribution in [3.05, 3.63) is 50.9 Å². The molecule has 11 heteroatoms. The second-order valence-corrected chi connectivity index (χ2v) is 11.5. The van der Waals surface area contributed by atoms with Gasteiger partial charge < -0.3 is 9.47 Å². The van der Waals surface area contributed by atoms with Crippen molar-refractivity contribution < 1.29 is 17.9 Å². The smallest absolute Gasteiger partial charge is 0.350 e. The van der Waals surface area contributed by atoms with Crippen molar-refractivity contribution in [2.24, 2.45) is 0 Å². The average molecular weight is 482 g/mol. The maximum atomic E-state index is 12.9. The van der Waals surface area contributed by atoms with Crippen LogP contribution in [0, 0.1) is 20.8 Å². The largest absolute Gasteiger partial charge is 0.354 e. The van der Waals surface area contributed by atoms with Gasteiger partial charge in [-0.15, -0.1) is 23.1 Å². The second-order valence-electron chi connectivity index (χ2n) is 7.18. The van der Waals surface area contributed by atoms with Gasteiger partial charge in [0.2, 0.25) is 0 Å². The zero-order valence-electron chi connectivity index (χ0n) is 17.4. The Morgan fingerprint density at radius 2 is 1.87 bits per heavy atom. The Morgan fingerprint density at radius 3 is 2.55 bits per heavy atom. The molecule has 3 aliphatic rings. The minimum atomic E-state index is -3.89. The van der Waals surface area contributed by atoms with Crippen LogP contribution in [0.2, 0.25) is 0 Å². The van der Waals surface area contributed by atoms with Gasteiger partial charge in [0.1, 0.15) is 5.69 Å². The first-order valence-electron chi connectivity index (χ1n) is 9.74. The van der Waals surface area contributed by atoms with Gasteiger partial charge in [-0.05, 0) is 32.9 Å². The Morgan fingerprint density at radius 1 is 1.19 bits per heavy atom.